The van der Waals surface area contributed by atoms with Crippen LogP contribution in [-0.4, -0.2) is 3.71 Å². The quantitative estimate of drug-likeness (QED) is 0.498. The van der Waals surface area contributed by atoms with Gasteiger partial charge in [0.1, 0.15) is 0 Å². The number of halogens is 1. The zero-order valence-electron chi connectivity index (χ0n) is 13.6. The van der Waals surface area contributed by atoms with Gasteiger partial charge in [-0.3, -0.25) is 0 Å². The molecule has 0 aromatic rings. The average Bonchev–Trinajstić information content (AvgIpc) is 3.19. The summed E-state index contributed by atoms with van der Waals surface area (Å²) in [4.78, 5) is 0. The number of allylic oxidation sites excluding steroid dienone is 8. The molecular formula is C20H26ClZr. The molecule has 0 fully saturated rings. The van der Waals surface area contributed by atoms with Crippen molar-refractivity contribution in [1.29, 1.82) is 0 Å². The van der Waals surface area contributed by atoms with Crippen LogP contribution in [0.25, 0.3) is 0 Å². The van der Waals surface area contributed by atoms with Crippen LogP contribution in [0.1, 0.15) is 58.3 Å². The van der Waals surface area contributed by atoms with Crippen molar-refractivity contribution in [1.82, 2.24) is 0 Å². The molecule has 0 spiro atoms. The Balaban J connectivity index is 1.73. The van der Waals surface area contributed by atoms with Crippen LogP contribution in [0.2, 0.25) is 7.25 Å². The van der Waals surface area contributed by atoms with Crippen molar-refractivity contribution in [3.63, 3.8) is 0 Å². The van der Waals surface area contributed by atoms with E-state index in [0.29, 0.717) is 7.25 Å². The fourth-order valence-electron chi connectivity index (χ4n) is 5.03. The van der Waals surface area contributed by atoms with Crippen molar-refractivity contribution in [3.8, 4) is 0 Å². The first-order chi connectivity index (χ1) is 10.7. The standard InChI is InChI=1S/2C9H11.C2H4.ClH.Zr/c2*1-2-5-9-7-3-6-8(9)4-1;1-2;;/h2*3,6-7H,1-2,4-5H2;1H,2H3;1H;/q;;;;+1/p-1. The summed E-state index contributed by atoms with van der Waals surface area (Å²) in [6.07, 6.45) is 20.5. The Morgan fingerprint density at radius 3 is 1.77 bits per heavy atom. The average molecular weight is 393 g/mol. The molecule has 0 bridgehead atoms. The van der Waals surface area contributed by atoms with E-state index in [4.69, 9.17) is 8.51 Å². The Labute approximate surface area is 142 Å². The second-order valence-corrected chi connectivity index (χ2v) is 19.7. The Hall–Kier alpha value is 0.00312. The molecule has 2 unspecified atom stereocenters. The molecule has 2 atom stereocenters. The molecule has 4 rings (SSSR count). The monoisotopic (exact) mass is 391 g/mol. The van der Waals surface area contributed by atoms with Crippen LogP contribution in [0.5, 0.6) is 0 Å². The second kappa shape index (κ2) is 6.14. The topological polar surface area (TPSA) is 0 Å². The summed E-state index contributed by atoms with van der Waals surface area (Å²) in [5.41, 5.74) is 6.74. The molecule has 117 valence electrons. The molecule has 0 aromatic heterocycles. The van der Waals surface area contributed by atoms with Crippen LogP contribution in [-0.2, 0) is 18.6 Å². The van der Waals surface area contributed by atoms with Crippen LogP contribution < -0.4 is 0 Å². The molecule has 0 heterocycles. The number of rotatable bonds is 2. The van der Waals surface area contributed by atoms with Crippen LogP contribution in [0.4, 0.5) is 0 Å². The van der Waals surface area contributed by atoms with Gasteiger partial charge in [0.2, 0.25) is 0 Å². The van der Waals surface area contributed by atoms with Gasteiger partial charge in [-0.2, -0.15) is 0 Å². The van der Waals surface area contributed by atoms with E-state index >= 15 is 0 Å². The first-order valence-electron chi connectivity index (χ1n) is 9.03. The maximum absolute atomic E-state index is 7.56. The Kier molecular flexibility index (Phi) is 4.33. The fourth-order valence-corrected chi connectivity index (χ4v) is 16.3. The molecule has 0 saturated heterocycles. The van der Waals surface area contributed by atoms with Crippen molar-refractivity contribution in [2.45, 2.75) is 65.5 Å². The van der Waals surface area contributed by atoms with E-state index in [9.17, 15) is 0 Å². The van der Waals surface area contributed by atoms with Gasteiger partial charge in [-0.25, -0.2) is 0 Å². The van der Waals surface area contributed by atoms with E-state index in [0.717, 1.165) is 0 Å². The fraction of sp³-hybridized carbons (Fsp3) is 0.550. The Bertz CT molecular complexity index is 607. The van der Waals surface area contributed by atoms with Gasteiger partial charge < -0.3 is 0 Å². The van der Waals surface area contributed by atoms with Gasteiger partial charge in [-0.1, -0.05) is 0 Å². The van der Waals surface area contributed by atoms with Gasteiger partial charge in [0, 0.05) is 0 Å². The van der Waals surface area contributed by atoms with Crippen LogP contribution in [0, 0.1) is 0 Å². The third kappa shape index (κ3) is 2.39. The van der Waals surface area contributed by atoms with E-state index in [1.807, 2.05) is 0 Å². The normalized spacial score (nSPS) is 33.0. The summed E-state index contributed by atoms with van der Waals surface area (Å²) in [6, 6.07) is 0. The predicted octanol–water partition coefficient (Wildman–Crippen LogP) is 6.57. The van der Waals surface area contributed by atoms with Crippen molar-refractivity contribution in [2.24, 2.45) is 0 Å². The SMILES string of the molecule is C[CH]=[Zr]([Cl])([CH]1C=CC2=C1CCCC2)[CH]1C=CC2=C1CCCC2. The van der Waals surface area contributed by atoms with E-state index in [2.05, 4.69) is 34.9 Å². The van der Waals surface area contributed by atoms with E-state index < -0.39 is 18.6 Å². The maximum atomic E-state index is 7.56. The molecule has 4 aliphatic carbocycles. The Morgan fingerprint density at radius 1 is 0.864 bits per heavy atom. The van der Waals surface area contributed by atoms with Gasteiger partial charge in [0.05, 0.1) is 0 Å². The third-order valence-corrected chi connectivity index (χ3v) is 19.8. The summed E-state index contributed by atoms with van der Waals surface area (Å²) >= 11 is -2.91. The van der Waals surface area contributed by atoms with Crippen molar-refractivity contribution in [2.75, 3.05) is 0 Å². The van der Waals surface area contributed by atoms with Gasteiger partial charge >= 0.3 is 143 Å². The number of hydrogen-bond donors (Lipinski definition) is 0. The molecule has 0 aliphatic heterocycles. The van der Waals surface area contributed by atoms with E-state index in [1.54, 1.807) is 22.3 Å². The molecule has 0 amide bonds. The van der Waals surface area contributed by atoms with Gasteiger partial charge in [0.25, 0.3) is 0 Å². The van der Waals surface area contributed by atoms with Gasteiger partial charge in [0.15, 0.2) is 0 Å². The number of hydrogen-bond acceptors (Lipinski definition) is 0. The molecule has 2 heteroatoms. The van der Waals surface area contributed by atoms with Crippen molar-refractivity contribution in [3.05, 3.63) is 46.6 Å². The predicted molar refractivity (Wildman–Crippen MR) is 94.4 cm³/mol. The first-order valence-corrected chi connectivity index (χ1v) is 16.5. The van der Waals surface area contributed by atoms with Gasteiger partial charge in [-0.15, -0.1) is 0 Å². The first kappa shape index (κ1) is 15.5. The molecule has 0 saturated carbocycles. The van der Waals surface area contributed by atoms with Gasteiger partial charge in [-0.05, 0) is 0 Å². The molecular weight excluding hydrogens is 367 g/mol. The molecule has 0 aromatic carbocycles. The summed E-state index contributed by atoms with van der Waals surface area (Å²) in [7, 11) is 7.56. The zero-order chi connectivity index (χ0) is 15.2. The molecule has 0 nitrogen and oxygen atoms in total. The van der Waals surface area contributed by atoms with Crippen LogP contribution >= 0.6 is 8.51 Å². The minimum atomic E-state index is -2.91. The minimum absolute atomic E-state index is 0.611. The van der Waals surface area contributed by atoms with Crippen LogP contribution in [0.15, 0.2) is 46.6 Å². The van der Waals surface area contributed by atoms with Crippen LogP contribution in [0.3, 0.4) is 0 Å². The van der Waals surface area contributed by atoms with Crippen molar-refractivity contribution >= 4 is 12.2 Å². The molecule has 0 N–H and O–H groups in total. The summed E-state index contributed by atoms with van der Waals surface area (Å²) in [5, 5.41) is 0. The molecule has 22 heavy (non-hydrogen) atoms. The van der Waals surface area contributed by atoms with Crippen molar-refractivity contribution < 1.29 is 18.6 Å². The van der Waals surface area contributed by atoms with E-state index in [1.165, 1.54) is 51.4 Å². The molecule has 0 radical (unpaired) electrons. The second-order valence-electron chi connectivity index (χ2n) is 7.30. The third-order valence-electron chi connectivity index (χ3n) is 6.24. The molecule has 4 aliphatic rings. The summed E-state index contributed by atoms with van der Waals surface area (Å²) < 4.78 is 3.72. The Morgan fingerprint density at radius 2 is 1.32 bits per heavy atom. The summed E-state index contributed by atoms with van der Waals surface area (Å²) in [5.74, 6) is 0. The van der Waals surface area contributed by atoms with E-state index in [-0.39, 0.29) is 0 Å². The summed E-state index contributed by atoms with van der Waals surface area (Å²) in [6.45, 7) is 2.26. The zero-order valence-corrected chi connectivity index (χ0v) is 16.8.